The lowest BCUT2D eigenvalue weighted by atomic mass is 10.2. The van der Waals surface area contributed by atoms with Crippen LogP contribution < -0.4 is 5.32 Å². The van der Waals surface area contributed by atoms with Crippen molar-refractivity contribution in [3.63, 3.8) is 0 Å². The standard InChI is InChI=1S/C14H17ClN2O2/c15-11-5-4-6-12(9-11)16-13(18)10-17-8-3-1-2-7-14(17)19/h4-6,9H,1-3,7-8,10H2,(H,16,18). The first-order chi connectivity index (χ1) is 9.15. The molecule has 0 bridgehead atoms. The maximum absolute atomic E-state index is 11.9. The molecule has 1 N–H and O–H groups in total. The number of anilines is 1. The highest BCUT2D eigenvalue weighted by atomic mass is 35.5. The number of rotatable bonds is 3. The molecule has 1 aliphatic heterocycles. The third-order valence-corrected chi connectivity index (χ3v) is 3.35. The fourth-order valence-corrected chi connectivity index (χ4v) is 2.34. The van der Waals surface area contributed by atoms with Crippen LogP contribution in [0.2, 0.25) is 5.02 Å². The molecule has 0 aromatic heterocycles. The van der Waals surface area contributed by atoms with E-state index in [0.29, 0.717) is 23.7 Å². The lowest BCUT2D eigenvalue weighted by Crippen LogP contribution is -2.37. The molecular formula is C14H17ClN2O2. The van der Waals surface area contributed by atoms with Gasteiger partial charge in [0.05, 0.1) is 6.54 Å². The van der Waals surface area contributed by atoms with Crippen molar-refractivity contribution in [1.29, 1.82) is 0 Å². The molecule has 2 rings (SSSR count). The quantitative estimate of drug-likeness (QED) is 0.925. The fraction of sp³-hybridized carbons (Fsp3) is 0.429. The van der Waals surface area contributed by atoms with E-state index in [0.717, 1.165) is 19.3 Å². The molecule has 1 heterocycles. The van der Waals surface area contributed by atoms with Crippen LogP contribution in [0, 0.1) is 0 Å². The highest BCUT2D eigenvalue weighted by Crippen LogP contribution is 2.15. The normalized spacial score (nSPS) is 16.1. The van der Waals surface area contributed by atoms with Gasteiger partial charge in [0.25, 0.3) is 0 Å². The van der Waals surface area contributed by atoms with E-state index >= 15 is 0 Å². The predicted molar refractivity (Wildman–Crippen MR) is 75.1 cm³/mol. The number of likely N-dealkylation sites (tertiary alicyclic amines) is 1. The molecule has 2 amide bonds. The Morgan fingerprint density at radius 2 is 2.16 bits per heavy atom. The maximum atomic E-state index is 11.9. The summed E-state index contributed by atoms with van der Waals surface area (Å²) in [6.07, 6.45) is 3.49. The number of nitrogens with zero attached hydrogens (tertiary/aromatic N) is 1. The number of amides is 2. The van der Waals surface area contributed by atoms with E-state index in [1.165, 1.54) is 0 Å². The van der Waals surface area contributed by atoms with Crippen LogP contribution in [0.5, 0.6) is 0 Å². The minimum atomic E-state index is -0.183. The number of carbonyl (C=O) groups excluding carboxylic acids is 2. The Morgan fingerprint density at radius 1 is 1.32 bits per heavy atom. The van der Waals surface area contributed by atoms with Crippen molar-refractivity contribution in [2.24, 2.45) is 0 Å². The first-order valence-corrected chi connectivity index (χ1v) is 6.86. The number of halogens is 1. The zero-order chi connectivity index (χ0) is 13.7. The summed E-state index contributed by atoms with van der Waals surface area (Å²) in [7, 11) is 0. The Bertz CT molecular complexity index is 476. The van der Waals surface area contributed by atoms with Gasteiger partial charge >= 0.3 is 0 Å². The maximum Gasteiger partial charge on any atom is 0.243 e. The van der Waals surface area contributed by atoms with E-state index in [1.54, 1.807) is 29.2 Å². The van der Waals surface area contributed by atoms with Gasteiger partial charge in [-0.3, -0.25) is 9.59 Å². The first-order valence-electron chi connectivity index (χ1n) is 6.48. The van der Waals surface area contributed by atoms with Crippen molar-refractivity contribution in [3.05, 3.63) is 29.3 Å². The SMILES string of the molecule is O=C(CN1CCCCCC1=O)Nc1cccc(Cl)c1. The van der Waals surface area contributed by atoms with Gasteiger partial charge in [0, 0.05) is 23.7 Å². The molecule has 102 valence electrons. The van der Waals surface area contributed by atoms with Crippen LogP contribution in [0.1, 0.15) is 25.7 Å². The molecule has 4 nitrogen and oxygen atoms in total. The van der Waals surface area contributed by atoms with Crippen molar-refractivity contribution in [2.75, 3.05) is 18.4 Å². The summed E-state index contributed by atoms with van der Waals surface area (Å²) in [5.41, 5.74) is 0.653. The van der Waals surface area contributed by atoms with Gasteiger partial charge in [-0.25, -0.2) is 0 Å². The van der Waals surface area contributed by atoms with Gasteiger partial charge < -0.3 is 10.2 Å². The molecule has 5 heteroatoms. The zero-order valence-electron chi connectivity index (χ0n) is 10.7. The third kappa shape index (κ3) is 4.24. The summed E-state index contributed by atoms with van der Waals surface area (Å²) in [5.74, 6) is -0.115. The molecule has 0 atom stereocenters. The number of nitrogens with one attached hydrogen (secondary N) is 1. The third-order valence-electron chi connectivity index (χ3n) is 3.11. The monoisotopic (exact) mass is 280 g/mol. The van der Waals surface area contributed by atoms with Crippen LogP contribution in [-0.4, -0.2) is 29.8 Å². The molecule has 1 aromatic carbocycles. The van der Waals surface area contributed by atoms with Crippen molar-refractivity contribution >= 4 is 29.1 Å². The average molecular weight is 281 g/mol. The van der Waals surface area contributed by atoms with E-state index in [9.17, 15) is 9.59 Å². The van der Waals surface area contributed by atoms with Gasteiger partial charge in [-0.15, -0.1) is 0 Å². The second-order valence-corrected chi connectivity index (χ2v) is 5.12. The van der Waals surface area contributed by atoms with Gasteiger partial charge in [-0.05, 0) is 31.0 Å². The van der Waals surface area contributed by atoms with Gasteiger partial charge in [-0.1, -0.05) is 24.1 Å². The fourth-order valence-electron chi connectivity index (χ4n) is 2.15. The summed E-state index contributed by atoms with van der Waals surface area (Å²) < 4.78 is 0. The zero-order valence-corrected chi connectivity index (χ0v) is 11.4. The topological polar surface area (TPSA) is 49.4 Å². The summed E-state index contributed by atoms with van der Waals surface area (Å²) in [4.78, 5) is 25.3. The van der Waals surface area contributed by atoms with Gasteiger partial charge in [0.2, 0.25) is 11.8 Å². The predicted octanol–water partition coefficient (Wildman–Crippen LogP) is 2.68. The Kier molecular flexibility index (Phi) is 4.80. The number of benzene rings is 1. The number of hydrogen-bond donors (Lipinski definition) is 1. The summed E-state index contributed by atoms with van der Waals surface area (Å²) in [6.45, 7) is 0.785. The van der Waals surface area contributed by atoms with Gasteiger partial charge in [0.1, 0.15) is 0 Å². The van der Waals surface area contributed by atoms with Crippen molar-refractivity contribution in [2.45, 2.75) is 25.7 Å². The lowest BCUT2D eigenvalue weighted by Gasteiger charge is -2.19. The molecule has 0 spiro atoms. The van der Waals surface area contributed by atoms with Gasteiger partial charge in [0.15, 0.2) is 0 Å². The van der Waals surface area contributed by atoms with Crippen LogP contribution in [0.3, 0.4) is 0 Å². The number of carbonyl (C=O) groups is 2. The van der Waals surface area contributed by atoms with E-state index in [1.807, 2.05) is 0 Å². The van der Waals surface area contributed by atoms with Crippen LogP contribution >= 0.6 is 11.6 Å². The largest absolute Gasteiger partial charge is 0.333 e. The molecule has 0 saturated carbocycles. The minimum Gasteiger partial charge on any atom is -0.333 e. The highest BCUT2D eigenvalue weighted by molar-refractivity contribution is 6.30. The van der Waals surface area contributed by atoms with E-state index in [-0.39, 0.29) is 18.4 Å². The molecule has 0 unspecified atom stereocenters. The van der Waals surface area contributed by atoms with E-state index in [2.05, 4.69) is 5.32 Å². The Hall–Kier alpha value is -1.55. The number of hydrogen-bond acceptors (Lipinski definition) is 2. The van der Waals surface area contributed by atoms with Crippen LogP contribution in [0.4, 0.5) is 5.69 Å². The Labute approximate surface area is 117 Å². The van der Waals surface area contributed by atoms with Crippen LogP contribution in [-0.2, 0) is 9.59 Å². The second-order valence-electron chi connectivity index (χ2n) is 4.68. The highest BCUT2D eigenvalue weighted by Gasteiger charge is 2.19. The smallest absolute Gasteiger partial charge is 0.243 e. The average Bonchev–Trinajstić information content (AvgIpc) is 2.55. The molecular weight excluding hydrogens is 264 g/mol. The molecule has 19 heavy (non-hydrogen) atoms. The van der Waals surface area contributed by atoms with Crippen molar-refractivity contribution < 1.29 is 9.59 Å². The van der Waals surface area contributed by atoms with E-state index < -0.39 is 0 Å². The summed E-state index contributed by atoms with van der Waals surface area (Å²) in [5, 5.41) is 3.33. The molecule has 1 aromatic rings. The van der Waals surface area contributed by atoms with Gasteiger partial charge in [-0.2, -0.15) is 0 Å². The van der Waals surface area contributed by atoms with Crippen molar-refractivity contribution in [3.8, 4) is 0 Å². The minimum absolute atomic E-state index is 0.0683. The Morgan fingerprint density at radius 3 is 2.95 bits per heavy atom. The summed E-state index contributed by atoms with van der Waals surface area (Å²) in [6, 6.07) is 6.97. The second kappa shape index (κ2) is 6.57. The molecule has 1 saturated heterocycles. The molecule has 0 aliphatic carbocycles. The summed E-state index contributed by atoms with van der Waals surface area (Å²) >= 11 is 5.85. The van der Waals surface area contributed by atoms with Crippen LogP contribution in [0.25, 0.3) is 0 Å². The first kappa shape index (κ1) is 13.9. The van der Waals surface area contributed by atoms with Crippen LogP contribution in [0.15, 0.2) is 24.3 Å². The molecule has 1 aliphatic rings. The molecule has 0 radical (unpaired) electrons. The Balaban J connectivity index is 1.91. The van der Waals surface area contributed by atoms with Crippen molar-refractivity contribution in [1.82, 2.24) is 4.90 Å². The molecule has 1 fully saturated rings. The lowest BCUT2D eigenvalue weighted by molar-refractivity contribution is -0.134. The van der Waals surface area contributed by atoms with E-state index in [4.69, 9.17) is 11.6 Å².